The minimum atomic E-state index is -0.805. The van der Waals surface area contributed by atoms with E-state index in [2.05, 4.69) is 0 Å². The van der Waals surface area contributed by atoms with Crippen molar-refractivity contribution in [2.45, 2.75) is 12.2 Å². The number of hydrogen-bond acceptors (Lipinski definition) is 4. The molecule has 1 aliphatic carbocycles. The van der Waals surface area contributed by atoms with Gasteiger partial charge in [0.05, 0.1) is 26.4 Å². The summed E-state index contributed by atoms with van der Waals surface area (Å²) in [5.41, 5.74) is 0. The van der Waals surface area contributed by atoms with Crippen molar-refractivity contribution in [1.29, 1.82) is 0 Å². The molecule has 0 aromatic heterocycles. The Morgan fingerprint density at radius 3 is 2.14 bits per heavy atom. The van der Waals surface area contributed by atoms with Crippen molar-refractivity contribution < 1.29 is 19.7 Å². The second-order valence-electron chi connectivity index (χ2n) is 2.95. The summed E-state index contributed by atoms with van der Waals surface area (Å²) < 4.78 is 10.8. The van der Waals surface area contributed by atoms with Gasteiger partial charge in [0, 0.05) is 6.42 Å². The molecule has 4 nitrogen and oxygen atoms in total. The molecular formula is C10H16O4. The summed E-state index contributed by atoms with van der Waals surface area (Å²) in [6.07, 6.45) is 8.05. The first-order valence-electron chi connectivity index (χ1n) is 4.67. The van der Waals surface area contributed by atoms with Gasteiger partial charge in [-0.15, -0.1) is 0 Å². The van der Waals surface area contributed by atoms with Gasteiger partial charge >= 0.3 is 0 Å². The second kappa shape index (κ2) is 5.93. The van der Waals surface area contributed by atoms with E-state index in [9.17, 15) is 0 Å². The fraction of sp³-hybridized carbons (Fsp3) is 0.600. The van der Waals surface area contributed by atoms with E-state index in [-0.39, 0.29) is 26.4 Å². The highest BCUT2D eigenvalue weighted by atomic mass is 16.7. The standard InChI is InChI=1S/C10H16O4/c11-6-8-13-10(14-9-7-12)4-2-1-3-5-10/h1-4,11-12H,5-9H2. The van der Waals surface area contributed by atoms with Crippen LogP contribution in [0.25, 0.3) is 0 Å². The highest BCUT2D eigenvalue weighted by Gasteiger charge is 2.28. The van der Waals surface area contributed by atoms with Gasteiger partial charge in [-0.2, -0.15) is 0 Å². The van der Waals surface area contributed by atoms with Crippen LogP contribution in [0.3, 0.4) is 0 Å². The number of hydrogen-bond donors (Lipinski definition) is 2. The fourth-order valence-corrected chi connectivity index (χ4v) is 1.27. The number of ether oxygens (including phenoxy) is 2. The van der Waals surface area contributed by atoms with Gasteiger partial charge in [-0.05, 0) is 6.08 Å². The fourth-order valence-electron chi connectivity index (χ4n) is 1.27. The Morgan fingerprint density at radius 2 is 1.71 bits per heavy atom. The number of rotatable bonds is 6. The maximum absolute atomic E-state index is 8.66. The average Bonchev–Trinajstić information content (AvgIpc) is 2.25. The lowest BCUT2D eigenvalue weighted by molar-refractivity contribution is -0.209. The van der Waals surface area contributed by atoms with Crippen molar-refractivity contribution in [3.05, 3.63) is 24.3 Å². The summed E-state index contributed by atoms with van der Waals surface area (Å²) in [4.78, 5) is 0. The molecule has 0 heterocycles. The van der Waals surface area contributed by atoms with Crippen molar-refractivity contribution in [1.82, 2.24) is 0 Å². The lowest BCUT2D eigenvalue weighted by atomic mass is 10.1. The molecule has 0 saturated carbocycles. The summed E-state index contributed by atoms with van der Waals surface area (Å²) in [7, 11) is 0. The van der Waals surface area contributed by atoms with E-state index in [1.165, 1.54) is 0 Å². The van der Waals surface area contributed by atoms with E-state index >= 15 is 0 Å². The Balaban J connectivity index is 2.50. The van der Waals surface area contributed by atoms with Crippen LogP contribution in [0.2, 0.25) is 0 Å². The Bertz CT molecular complexity index is 202. The quantitative estimate of drug-likeness (QED) is 0.602. The third kappa shape index (κ3) is 3.23. The molecule has 80 valence electrons. The molecule has 2 N–H and O–H groups in total. The zero-order chi connectivity index (χ0) is 10.3. The van der Waals surface area contributed by atoms with Crippen molar-refractivity contribution in [3.8, 4) is 0 Å². The van der Waals surface area contributed by atoms with Crippen LogP contribution in [-0.4, -0.2) is 42.4 Å². The number of allylic oxidation sites excluding steroid dienone is 2. The van der Waals surface area contributed by atoms with Crippen LogP contribution in [0.5, 0.6) is 0 Å². The largest absolute Gasteiger partial charge is 0.394 e. The Hall–Kier alpha value is -0.680. The van der Waals surface area contributed by atoms with Gasteiger partial charge < -0.3 is 19.7 Å². The number of aliphatic hydroxyl groups excluding tert-OH is 2. The minimum Gasteiger partial charge on any atom is -0.394 e. The summed E-state index contributed by atoms with van der Waals surface area (Å²) in [6.45, 7) is 0.372. The molecule has 1 rings (SSSR count). The van der Waals surface area contributed by atoms with E-state index in [0.29, 0.717) is 6.42 Å². The Labute approximate surface area is 83.5 Å². The van der Waals surface area contributed by atoms with Gasteiger partial charge in [0.2, 0.25) is 0 Å². The van der Waals surface area contributed by atoms with Crippen LogP contribution < -0.4 is 0 Å². The molecule has 0 bridgehead atoms. The van der Waals surface area contributed by atoms with Crippen LogP contribution in [0.4, 0.5) is 0 Å². The van der Waals surface area contributed by atoms with Gasteiger partial charge in [-0.3, -0.25) is 0 Å². The average molecular weight is 200 g/mol. The van der Waals surface area contributed by atoms with E-state index in [1.54, 1.807) is 6.08 Å². The molecule has 0 saturated heterocycles. The van der Waals surface area contributed by atoms with Gasteiger partial charge in [-0.1, -0.05) is 18.2 Å². The van der Waals surface area contributed by atoms with Crippen LogP contribution in [-0.2, 0) is 9.47 Å². The first-order valence-corrected chi connectivity index (χ1v) is 4.67. The molecule has 4 heteroatoms. The summed E-state index contributed by atoms with van der Waals surface area (Å²) >= 11 is 0. The monoisotopic (exact) mass is 200 g/mol. The molecule has 1 aliphatic rings. The van der Waals surface area contributed by atoms with Crippen LogP contribution in [0.1, 0.15) is 6.42 Å². The molecule has 0 aromatic rings. The molecule has 0 aromatic carbocycles. The minimum absolute atomic E-state index is 0.0399. The lowest BCUT2D eigenvalue weighted by Crippen LogP contribution is -2.36. The summed E-state index contributed by atoms with van der Waals surface area (Å²) in [5, 5.41) is 17.3. The van der Waals surface area contributed by atoms with Gasteiger partial charge in [0.1, 0.15) is 0 Å². The zero-order valence-electron chi connectivity index (χ0n) is 8.06. The molecule has 0 atom stereocenters. The molecule has 0 spiro atoms. The molecule has 0 amide bonds. The summed E-state index contributed by atoms with van der Waals surface area (Å²) in [5.74, 6) is -0.805. The van der Waals surface area contributed by atoms with Crippen LogP contribution in [0, 0.1) is 0 Å². The van der Waals surface area contributed by atoms with E-state index in [0.717, 1.165) is 0 Å². The molecule has 0 fully saturated rings. The first kappa shape index (κ1) is 11.4. The van der Waals surface area contributed by atoms with Gasteiger partial charge in [0.15, 0.2) is 5.79 Å². The topological polar surface area (TPSA) is 58.9 Å². The third-order valence-corrected chi connectivity index (χ3v) is 1.88. The highest BCUT2D eigenvalue weighted by Crippen LogP contribution is 2.23. The number of aliphatic hydroxyl groups is 2. The van der Waals surface area contributed by atoms with Gasteiger partial charge in [-0.25, -0.2) is 0 Å². The van der Waals surface area contributed by atoms with E-state index in [1.807, 2.05) is 18.2 Å². The molecule has 0 radical (unpaired) electrons. The highest BCUT2D eigenvalue weighted by molar-refractivity contribution is 5.15. The SMILES string of the molecule is OCCOC1(OCCO)C=CC=CC1. The maximum Gasteiger partial charge on any atom is 0.191 e. The third-order valence-electron chi connectivity index (χ3n) is 1.88. The normalized spacial score (nSPS) is 18.7. The predicted molar refractivity (Wildman–Crippen MR) is 51.7 cm³/mol. The Kier molecular flexibility index (Phi) is 4.82. The molecule has 0 unspecified atom stereocenters. The van der Waals surface area contributed by atoms with Gasteiger partial charge in [0.25, 0.3) is 0 Å². The van der Waals surface area contributed by atoms with Crippen molar-refractivity contribution in [2.75, 3.05) is 26.4 Å². The van der Waals surface area contributed by atoms with Crippen molar-refractivity contribution in [3.63, 3.8) is 0 Å². The van der Waals surface area contributed by atoms with Crippen molar-refractivity contribution in [2.24, 2.45) is 0 Å². The molecule has 0 aliphatic heterocycles. The van der Waals surface area contributed by atoms with E-state index < -0.39 is 5.79 Å². The molecular weight excluding hydrogens is 184 g/mol. The maximum atomic E-state index is 8.66. The zero-order valence-corrected chi connectivity index (χ0v) is 8.06. The van der Waals surface area contributed by atoms with Crippen LogP contribution >= 0.6 is 0 Å². The van der Waals surface area contributed by atoms with Crippen LogP contribution in [0.15, 0.2) is 24.3 Å². The second-order valence-corrected chi connectivity index (χ2v) is 2.95. The summed E-state index contributed by atoms with van der Waals surface area (Å²) in [6, 6.07) is 0. The molecule has 14 heavy (non-hydrogen) atoms. The predicted octanol–water partition coefficient (Wildman–Crippen LogP) is 0.217. The van der Waals surface area contributed by atoms with Crippen molar-refractivity contribution >= 4 is 0 Å². The lowest BCUT2D eigenvalue weighted by Gasteiger charge is -2.30. The smallest absolute Gasteiger partial charge is 0.191 e. The Morgan fingerprint density at radius 1 is 1.07 bits per heavy atom. The first-order chi connectivity index (χ1) is 6.83. The van der Waals surface area contributed by atoms with E-state index in [4.69, 9.17) is 19.7 Å².